The Morgan fingerprint density at radius 1 is 1.18 bits per heavy atom. The Morgan fingerprint density at radius 2 is 1.85 bits per heavy atom. The van der Waals surface area contributed by atoms with Crippen molar-refractivity contribution in [3.05, 3.63) is 63.5 Å². The molecule has 0 saturated carbocycles. The van der Waals surface area contributed by atoms with Gasteiger partial charge in [0.2, 0.25) is 0 Å². The van der Waals surface area contributed by atoms with Gasteiger partial charge < -0.3 is 21.2 Å². The van der Waals surface area contributed by atoms with E-state index in [-0.39, 0.29) is 22.0 Å². The molecule has 9 nitrogen and oxygen atoms in total. The zero-order valence-corrected chi connectivity index (χ0v) is 20.6. The van der Waals surface area contributed by atoms with E-state index in [4.69, 9.17) is 27.5 Å². The quantitative estimate of drug-likeness (QED) is 0.403. The van der Waals surface area contributed by atoms with E-state index >= 15 is 0 Å². The van der Waals surface area contributed by atoms with Gasteiger partial charge in [0.15, 0.2) is 11.7 Å². The predicted octanol–water partition coefficient (Wildman–Crippen LogP) is 3.93. The molecule has 0 bridgehead atoms. The normalized spacial score (nSPS) is 11.9. The molecule has 11 heteroatoms. The van der Waals surface area contributed by atoms with E-state index in [2.05, 4.69) is 9.69 Å². The maximum atomic E-state index is 13.8. The summed E-state index contributed by atoms with van der Waals surface area (Å²) >= 11 is 6.79. The third kappa shape index (κ3) is 5.57. The Bertz CT molecular complexity index is 1190. The SMILES string of the molecule is Cc1ccc([C@@H](C(=O)NCCC(C)C)N(C(=O)c2snc(C(N)=O)c2N)c2ccc(Cl)cc2)o1. The Morgan fingerprint density at radius 3 is 2.38 bits per heavy atom. The maximum absolute atomic E-state index is 13.8. The summed E-state index contributed by atoms with van der Waals surface area (Å²) in [5.74, 6) is -0.703. The lowest BCUT2D eigenvalue weighted by atomic mass is 10.1. The largest absolute Gasteiger partial charge is 0.464 e. The summed E-state index contributed by atoms with van der Waals surface area (Å²) in [6, 6.07) is 8.61. The molecule has 5 N–H and O–H groups in total. The van der Waals surface area contributed by atoms with Crippen molar-refractivity contribution in [2.24, 2.45) is 11.7 Å². The van der Waals surface area contributed by atoms with Crippen molar-refractivity contribution < 1.29 is 18.8 Å². The number of carbonyl (C=O) groups excluding carboxylic acids is 3. The molecule has 0 aliphatic rings. The lowest BCUT2D eigenvalue weighted by molar-refractivity contribution is -0.122. The first-order chi connectivity index (χ1) is 16.1. The smallest absolute Gasteiger partial charge is 0.273 e. The van der Waals surface area contributed by atoms with E-state index in [1.54, 1.807) is 43.3 Å². The number of hydrogen-bond donors (Lipinski definition) is 3. The Labute approximate surface area is 206 Å². The molecular weight excluding hydrogens is 478 g/mol. The monoisotopic (exact) mass is 503 g/mol. The van der Waals surface area contributed by atoms with Crippen LogP contribution in [0.2, 0.25) is 5.02 Å². The van der Waals surface area contributed by atoms with Gasteiger partial charge in [-0.2, -0.15) is 4.37 Å². The number of hydrogen-bond acceptors (Lipinski definition) is 7. The summed E-state index contributed by atoms with van der Waals surface area (Å²) in [6.45, 7) is 6.26. The average molecular weight is 504 g/mol. The number of aryl methyl sites for hydroxylation is 1. The summed E-state index contributed by atoms with van der Waals surface area (Å²) < 4.78 is 9.71. The van der Waals surface area contributed by atoms with E-state index in [9.17, 15) is 14.4 Å². The van der Waals surface area contributed by atoms with Gasteiger partial charge in [0.1, 0.15) is 16.4 Å². The number of nitrogens with two attached hydrogens (primary N) is 2. The van der Waals surface area contributed by atoms with Gasteiger partial charge in [0.25, 0.3) is 17.7 Å². The van der Waals surface area contributed by atoms with E-state index in [1.165, 1.54) is 4.90 Å². The molecule has 3 aromatic rings. The minimum absolute atomic E-state index is 0.0213. The number of anilines is 2. The predicted molar refractivity (Wildman–Crippen MR) is 132 cm³/mol. The number of furan rings is 1. The van der Waals surface area contributed by atoms with Gasteiger partial charge in [-0.3, -0.25) is 19.3 Å². The molecular formula is C23H26ClN5O4S. The number of primary amides is 1. The van der Waals surface area contributed by atoms with Crippen LogP contribution in [0.4, 0.5) is 11.4 Å². The molecule has 1 atom stereocenters. The van der Waals surface area contributed by atoms with Crippen LogP contribution in [0.5, 0.6) is 0 Å². The van der Waals surface area contributed by atoms with Crippen LogP contribution in [0.3, 0.4) is 0 Å². The van der Waals surface area contributed by atoms with Crippen molar-refractivity contribution in [2.45, 2.75) is 33.2 Å². The summed E-state index contributed by atoms with van der Waals surface area (Å²) in [4.78, 5) is 40.1. The van der Waals surface area contributed by atoms with Crippen molar-refractivity contribution in [3.8, 4) is 0 Å². The topological polar surface area (TPSA) is 145 Å². The standard InChI is InChI=1S/C23H26ClN5O4S/c1-12(2)10-11-27-22(31)19(16-9-4-13(3)33-16)29(15-7-5-14(24)6-8-15)23(32)20-17(25)18(21(26)30)28-34-20/h4-9,12,19H,10-11,25H2,1-3H3,(H2,26,30)(H,27,31)/t19-/m0/s1. The van der Waals surface area contributed by atoms with Crippen LogP contribution in [0.1, 0.15) is 58.0 Å². The van der Waals surface area contributed by atoms with Crippen LogP contribution in [-0.4, -0.2) is 28.6 Å². The molecule has 0 spiro atoms. The van der Waals surface area contributed by atoms with Gasteiger partial charge in [0, 0.05) is 17.3 Å². The molecule has 0 fully saturated rings. The number of carbonyl (C=O) groups is 3. The van der Waals surface area contributed by atoms with Gasteiger partial charge in [-0.15, -0.1) is 0 Å². The number of halogens is 1. The highest BCUT2D eigenvalue weighted by Gasteiger charge is 2.37. The number of nitrogens with one attached hydrogen (secondary N) is 1. The second kappa shape index (κ2) is 10.7. The molecule has 2 heterocycles. The maximum Gasteiger partial charge on any atom is 0.273 e. The second-order valence-corrected chi connectivity index (χ2v) is 9.32. The van der Waals surface area contributed by atoms with Crippen LogP contribution in [0, 0.1) is 12.8 Å². The molecule has 0 unspecified atom stereocenters. The van der Waals surface area contributed by atoms with Gasteiger partial charge in [-0.1, -0.05) is 25.4 Å². The third-order valence-electron chi connectivity index (χ3n) is 5.04. The van der Waals surface area contributed by atoms with E-state index < -0.39 is 23.8 Å². The molecule has 0 aliphatic carbocycles. The Balaban J connectivity index is 2.12. The third-order valence-corrected chi connectivity index (χ3v) is 6.14. The minimum atomic E-state index is -1.16. The lowest BCUT2D eigenvalue weighted by Gasteiger charge is -2.30. The molecule has 2 aromatic heterocycles. The first kappa shape index (κ1) is 25.3. The van der Waals surface area contributed by atoms with Crippen LogP contribution in [-0.2, 0) is 4.79 Å². The fourth-order valence-electron chi connectivity index (χ4n) is 3.28. The van der Waals surface area contributed by atoms with E-state index in [1.807, 2.05) is 13.8 Å². The fourth-order valence-corrected chi connectivity index (χ4v) is 4.15. The number of rotatable bonds is 9. The molecule has 1 aromatic carbocycles. The zero-order valence-electron chi connectivity index (χ0n) is 19.0. The molecule has 0 radical (unpaired) electrons. The van der Waals surface area contributed by atoms with Crippen molar-refractivity contribution in [1.29, 1.82) is 0 Å². The van der Waals surface area contributed by atoms with Crippen molar-refractivity contribution >= 4 is 52.2 Å². The summed E-state index contributed by atoms with van der Waals surface area (Å²) in [6.07, 6.45) is 0.758. The highest BCUT2D eigenvalue weighted by Crippen LogP contribution is 2.34. The second-order valence-electron chi connectivity index (χ2n) is 8.11. The van der Waals surface area contributed by atoms with E-state index in [0.717, 1.165) is 18.0 Å². The van der Waals surface area contributed by atoms with Crippen molar-refractivity contribution in [2.75, 3.05) is 17.2 Å². The summed E-state index contributed by atoms with van der Waals surface area (Å²) in [7, 11) is 0. The van der Waals surface area contributed by atoms with Gasteiger partial charge >= 0.3 is 0 Å². The van der Waals surface area contributed by atoms with Gasteiger partial charge in [-0.05, 0) is 67.2 Å². The molecule has 34 heavy (non-hydrogen) atoms. The molecule has 0 saturated heterocycles. The highest BCUT2D eigenvalue weighted by molar-refractivity contribution is 7.09. The van der Waals surface area contributed by atoms with Crippen LogP contribution in [0.25, 0.3) is 0 Å². The molecule has 180 valence electrons. The Kier molecular flexibility index (Phi) is 7.95. The first-order valence-corrected chi connectivity index (χ1v) is 11.7. The van der Waals surface area contributed by atoms with Gasteiger partial charge in [0.05, 0.1) is 5.69 Å². The number of aromatic nitrogens is 1. The zero-order chi connectivity index (χ0) is 25.0. The Hall–Kier alpha value is -3.37. The molecule has 3 amide bonds. The van der Waals surface area contributed by atoms with Gasteiger partial charge in [-0.25, -0.2) is 0 Å². The minimum Gasteiger partial charge on any atom is -0.464 e. The number of nitrogen functional groups attached to an aromatic ring is 1. The average Bonchev–Trinajstić information content (AvgIpc) is 3.37. The molecule has 3 rings (SSSR count). The van der Waals surface area contributed by atoms with Crippen LogP contribution >= 0.6 is 23.1 Å². The number of benzene rings is 1. The van der Waals surface area contributed by atoms with Crippen molar-refractivity contribution in [3.63, 3.8) is 0 Å². The van der Waals surface area contributed by atoms with Crippen molar-refractivity contribution in [1.82, 2.24) is 9.69 Å². The van der Waals surface area contributed by atoms with Crippen LogP contribution < -0.4 is 21.7 Å². The fraction of sp³-hybridized carbons (Fsp3) is 0.304. The van der Waals surface area contributed by atoms with E-state index in [0.29, 0.717) is 28.9 Å². The molecule has 0 aliphatic heterocycles. The summed E-state index contributed by atoms with van der Waals surface area (Å²) in [5, 5.41) is 3.35. The van der Waals surface area contributed by atoms with Crippen LogP contribution in [0.15, 0.2) is 40.8 Å². The number of amides is 3. The lowest BCUT2D eigenvalue weighted by Crippen LogP contribution is -2.44. The number of nitrogens with zero attached hydrogens (tertiary/aromatic N) is 2. The summed E-state index contributed by atoms with van der Waals surface area (Å²) in [5.41, 5.74) is 11.4. The first-order valence-electron chi connectivity index (χ1n) is 10.6. The highest BCUT2D eigenvalue weighted by atomic mass is 35.5.